The van der Waals surface area contributed by atoms with E-state index in [1.54, 1.807) is 29.4 Å². The summed E-state index contributed by atoms with van der Waals surface area (Å²) in [5, 5.41) is 11.8. The lowest BCUT2D eigenvalue weighted by Gasteiger charge is -2.50. The number of carboxylic acids is 1. The molecule has 148 valence electrons. The van der Waals surface area contributed by atoms with Crippen molar-refractivity contribution < 1.29 is 14.7 Å². The number of benzene rings is 1. The Morgan fingerprint density at radius 2 is 1.97 bits per heavy atom. The fourth-order valence-corrected chi connectivity index (χ4v) is 5.05. The number of hydrogen-bond donors (Lipinski definition) is 2. The van der Waals surface area contributed by atoms with Crippen molar-refractivity contribution in [2.45, 2.75) is 31.7 Å². The van der Waals surface area contributed by atoms with Gasteiger partial charge in [-0.05, 0) is 55.2 Å². The van der Waals surface area contributed by atoms with Crippen LogP contribution in [0.2, 0.25) is 5.02 Å². The van der Waals surface area contributed by atoms with Crippen LogP contribution in [-0.2, 0) is 11.2 Å². The zero-order valence-electron chi connectivity index (χ0n) is 15.7. The zero-order valence-corrected chi connectivity index (χ0v) is 16.4. The molecule has 1 aromatic carbocycles. The Hall–Kier alpha value is -2.86. The Balaban J connectivity index is 1.69. The third-order valence-electron chi connectivity index (χ3n) is 6.47. The molecule has 7 heteroatoms. The lowest BCUT2D eigenvalue weighted by atomic mass is 9.61. The Morgan fingerprint density at radius 1 is 1.21 bits per heavy atom. The number of aliphatic carboxylic acids is 1. The van der Waals surface area contributed by atoms with Crippen molar-refractivity contribution in [1.29, 1.82) is 0 Å². The lowest BCUT2D eigenvalue weighted by molar-refractivity contribution is -0.161. The highest BCUT2D eigenvalue weighted by atomic mass is 35.5. The van der Waals surface area contributed by atoms with Crippen molar-refractivity contribution in [1.82, 2.24) is 14.9 Å². The smallest absolute Gasteiger partial charge is 0.312 e. The van der Waals surface area contributed by atoms with Crippen LogP contribution >= 0.6 is 11.6 Å². The molecule has 1 aliphatic carbocycles. The Kier molecular flexibility index (Phi) is 4.13. The van der Waals surface area contributed by atoms with Gasteiger partial charge in [-0.15, -0.1) is 0 Å². The fourth-order valence-electron chi connectivity index (χ4n) is 4.88. The van der Waals surface area contributed by atoms with Gasteiger partial charge in [0.15, 0.2) is 0 Å². The van der Waals surface area contributed by atoms with E-state index in [1.807, 2.05) is 18.2 Å². The van der Waals surface area contributed by atoms with Crippen LogP contribution in [0.4, 0.5) is 0 Å². The van der Waals surface area contributed by atoms with Crippen molar-refractivity contribution in [3.05, 3.63) is 64.6 Å². The van der Waals surface area contributed by atoms with Gasteiger partial charge in [0.05, 0.1) is 11.5 Å². The molecule has 1 aliphatic heterocycles. The van der Waals surface area contributed by atoms with E-state index >= 15 is 0 Å². The first-order valence-electron chi connectivity index (χ1n) is 9.76. The number of pyridine rings is 1. The first-order chi connectivity index (χ1) is 14.0. The second-order valence-electron chi connectivity index (χ2n) is 7.91. The number of hydrogen-bond acceptors (Lipinski definition) is 3. The average molecular weight is 410 g/mol. The number of rotatable bonds is 3. The van der Waals surface area contributed by atoms with Crippen molar-refractivity contribution in [3.8, 4) is 0 Å². The average Bonchev–Trinajstić information content (AvgIpc) is 3.05. The van der Waals surface area contributed by atoms with Crippen LogP contribution in [0.25, 0.3) is 10.9 Å². The van der Waals surface area contributed by atoms with Crippen LogP contribution in [0.3, 0.4) is 0 Å². The van der Waals surface area contributed by atoms with Crippen LogP contribution < -0.4 is 0 Å². The van der Waals surface area contributed by atoms with E-state index < -0.39 is 17.4 Å². The molecule has 2 aliphatic rings. The molecule has 1 saturated carbocycles. The van der Waals surface area contributed by atoms with Gasteiger partial charge >= 0.3 is 5.97 Å². The maximum absolute atomic E-state index is 13.4. The quantitative estimate of drug-likeness (QED) is 0.678. The number of H-pyrrole nitrogens is 1. The number of amides is 1. The van der Waals surface area contributed by atoms with E-state index in [4.69, 9.17) is 11.6 Å². The van der Waals surface area contributed by atoms with Gasteiger partial charge in [-0.25, -0.2) is 0 Å². The number of nitrogens with one attached hydrogen (secondary N) is 1. The molecule has 1 atom stereocenters. The van der Waals surface area contributed by atoms with Gasteiger partial charge in [0.2, 0.25) is 0 Å². The van der Waals surface area contributed by atoms with E-state index in [2.05, 4.69) is 9.97 Å². The molecule has 29 heavy (non-hydrogen) atoms. The molecule has 1 amide bonds. The Morgan fingerprint density at radius 3 is 2.62 bits per heavy atom. The molecule has 0 radical (unpaired) electrons. The minimum absolute atomic E-state index is 0.160. The van der Waals surface area contributed by atoms with Crippen LogP contribution in [-0.4, -0.2) is 38.4 Å². The highest BCUT2D eigenvalue weighted by molar-refractivity contribution is 6.31. The monoisotopic (exact) mass is 409 g/mol. The summed E-state index contributed by atoms with van der Waals surface area (Å²) in [6.07, 6.45) is 5.78. The molecule has 3 aromatic rings. The number of aromatic nitrogens is 2. The van der Waals surface area contributed by atoms with Gasteiger partial charge in [-0.2, -0.15) is 0 Å². The summed E-state index contributed by atoms with van der Waals surface area (Å²) < 4.78 is 0. The maximum Gasteiger partial charge on any atom is 0.312 e. The number of nitrogens with zero attached hydrogens (tertiary/aromatic N) is 2. The predicted octanol–water partition coefficient (Wildman–Crippen LogP) is 4.21. The summed E-state index contributed by atoms with van der Waals surface area (Å²) in [6.45, 7) is 0.466. The summed E-state index contributed by atoms with van der Waals surface area (Å²) >= 11 is 6.21. The van der Waals surface area contributed by atoms with E-state index in [9.17, 15) is 14.7 Å². The third-order valence-corrected chi connectivity index (χ3v) is 6.71. The van der Waals surface area contributed by atoms with Gasteiger partial charge in [0, 0.05) is 46.1 Å². The van der Waals surface area contributed by atoms with Gasteiger partial charge in [0.25, 0.3) is 5.91 Å². The first-order valence-corrected chi connectivity index (χ1v) is 10.1. The normalized spacial score (nSPS) is 20.2. The molecule has 5 rings (SSSR count). The molecule has 2 N–H and O–H groups in total. The van der Waals surface area contributed by atoms with Gasteiger partial charge in [0.1, 0.15) is 0 Å². The number of carboxylic acid groups (broad SMARTS) is 1. The summed E-state index contributed by atoms with van der Waals surface area (Å²) in [5.74, 6) is -1.00. The SMILES string of the molecule is O=C(c1ccncc1)N1CCc2c([nH]c3ccc(Cl)cc23)C1C1(C(=O)O)CCC1. The molecule has 6 nitrogen and oxygen atoms in total. The zero-order chi connectivity index (χ0) is 20.2. The highest BCUT2D eigenvalue weighted by Crippen LogP contribution is 2.55. The standard InChI is InChI=1S/C22H20ClN3O3/c23-14-2-3-17-16(12-14)15-6-11-26(20(27)13-4-9-24-10-5-13)19(18(15)25-17)22(21(28)29)7-1-8-22/h2-5,9-10,12,19,25H,1,6-8,11H2,(H,28,29). The van der Waals surface area contributed by atoms with Crippen LogP contribution in [0.15, 0.2) is 42.7 Å². The van der Waals surface area contributed by atoms with Crippen molar-refractivity contribution in [2.24, 2.45) is 5.41 Å². The van der Waals surface area contributed by atoms with Crippen molar-refractivity contribution in [3.63, 3.8) is 0 Å². The third kappa shape index (κ3) is 2.66. The van der Waals surface area contributed by atoms with Gasteiger partial charge in [-0.1, -0.05) is 18.0 Å². The number of halogens is 1. The van der Waals surface area contributed by atoms with Crippen LogP contribution in [0.5, 0.6) is 0 Å². The number of fused-ring (bicyclic) bond motifs is 3. The Labute approximate surface area is 172 Å². The maximum atomic E-state index is 13.4. The fraction of sp³-hybridized carbons (Fsp3) is 0.318. The second kappa shape index (κ2) is 6.59. The van der Waals surface area contributed by atoms with E-state index in [-0.39, 0.29) is 5.91 Å². The molecule has 3 heterocycles. The van der Waals surface area contributed by atoms with Crippen LogP contribution in [0, 0.1) is 5.41 Å². The summed E-state index contributed by atoms with van der Waals surface area (Å²) in [6, 6.07) is 8.46. The lowest BCUT2D eigenvalue weighted by Crippen LogP contribution is -2.54. The summed E-state index contributed by atoms with van der Waals surface area (Å²) in [7, 11) is 0. The predicted molar refractivity (Wildman–Crippen MR) is 109 cm³/mol. The topological polar surface area (TPSA) is 86.3 Å². The number of carbonyl (C=O) groups is 2. The van der Waals surface area contributed by atoms with Gasteiger partial charge in [-0.3, -0.25) is 14.6 Å². The molecule has 1 fully saturated rings. The van der Waals surface area contributed by atoms with Gasteiger partial charge < -0.3 is 15.0 Å². The molecule has 1 unspecified atom stereocenters. The minimum atomic E-state index is -0.970. The number of carbonyl (C=O) groups excluding carboxylic acids is 1. The molecule has 0 bridgehead atoms. The highest BCUT2D eigenvalue weighted by Gasteiger charge is 2.56. The molecular formula is C22H20ClN3O3. The van der Waals surface area contributed by atoms with Crippen molar-refractivity contribution in [2.75, 3.05) is 6.54 Å². The number of aromatic amines is 1. The Bertz CT molecular complexity index is 1120. The second-order valence-corrected chi connectivity index (χ2v) is 8.35. The van der Waals surface area contributed by atoms with E-state index in [0.717, 1.165) is 28.6 Å². The van der Waals surface area contributed by atoms with E-state index in [1.165, 1.54) is 0 Å². The minimum Gasteiger partial charge on any atom is -0.481 e. The summed E-state index contributed by atoms with van der Waals surface area (Å²) in [5.41, 5.74) is 2.37. The van der Waals surface area contributed by atoms with E-state index in [0.29, 0.717) is 36.4 Å². The van der Waals surface area contributed by atoms with Crippen molar-refractivity contribution >= 4 is 34.4 Å². The van der Waals surface area contributed by atoms with Crippen LogP contribution in [0.1, 0.15) is 46.9 Å². The first kappa shape index (κ1) is 18.2. The molecule has 0 spiro atoms. The summed E-state index contributed by atoms with van der Waals surface area (Å²) in [4.78, 5) is 34.9. The largest absolute Gasteiger partial charge is 0.481 e. The molecule has 0 saturated heterocycles. The molecular weight excluding hydrogens is 390 g/mol. The molecule has 2 aromatic heterocycles.